The molecular weight excluding hydrogens is 325 g/mol. The number of hydrogen-bond donors (Lipinski definition) is 0. The van der Waals surface area contributed by atoms with E-state index in [2.05, 4.69) is 55.8 Å². The Morgan fingerprint density at radius 1 is 0.920 bits per heavy atom. The van der Waals surface area contributed by atoms with E-state index in [1.165, 1.54) is 5.56 Å². The van der Waals surface area contributed by atoms with Crippen LogP contribution in [0.5, 0.6) is 11.5 Å². The maximum Gasteiger partial charge on any atom is 0.591 e. The Morgan fingerprint density at radius 2 is 1.64 bits per heavy atom. The van der Waals surface area contributed by atoms with Crippen molar-refractivity contribution in [1.82, 2.24) is 4.98 Å². The molecule has 0 radical (unpaired) electrons. The van der Waals surface area contributed by atoms with Gasteiger partial charge in [0.15, 0.2) is 0 Å². The number of nitrogens with zero attached hydrogens (tertiary/aromatic N) is 1. The molecule has 3 nitrogen and oxygen atoms in total. The normalized spacial score (nSPS) is 11.4. The van der Waals surface area contributed by atoms with Gasteiger partial charge in [0.2, 0.25) is 0 Å². The number of ether oxygens (including phenoxy) is 1. The largest absolute Gasteiger partial charge is 0.641 e. The van der Waals surface area contributed by atoms with Gasteiger partial charge in [-0.2, -0.15) is 0 Å². The van der Waals surface area contributed by atoms with Crippen LogP contribution in [0.1, 0.15) is 25.1 Å². The molecule has 0 aliphatic rings. The Hall–Kier alpha value is -2.02. The molecule has 0 N–H and O–H groups in total. The first-order valence-corrected chi connectivity index (χ1v) is 10.8. The molecule has 0 aliphatic heterocycles. The molecule has 0 saturated carbocycles. The van der Waals surface area contributed by atoms with E-state index in [1.807, 2.05) is 37.3 Å². The van der Waals surface area contributed by atoms with Gasteiger partial charge < -0.3 is 8.53 Å². The molecule has 0 atom stereocenters. The molecule has 0 unspecified atom stereocenters. The van der Waals surface area contributed by atoms with E-state index in [-0.39, 0.29) is 4.46 Å². The molecule has 1 heterocycles. The standard InChI is InChI=1S/C13H14NO.C7H8O.CH3.Al/c1-9(2)15-12-6-4-5-11-8-7-10(3)14-13(11)12;1-6-2-4-7(8)5-3-6;;/h4-8H,1-3H3;2-5,8H,1H3;1H3;/q;;;+1/p-1. The van der Waals surface area contributed by atoms with Gasteiger partial charge in [0.1, 0.15) is 15.7 Å². The average molecular weight is 349 g/mol. The molecular formula is C21H24AlNO2. The van der Waals surface area contributed by atoms with Gasteiger partial charge in [0.05, 0.1) is 5.75 Å². The number of hydrogen-bond acceptors (Lipinski definition) is 3. The van der Waals surface area contributed by atoms with E-state index in [0.717, 1.165) is 28.1 Å². The Bertz CT molecular complexity index is 875. The van der Waals surface area contributed by atoms with Gasteiger partial charge in [-0.1, -0.05) is 41.7 Å². The third-order valence-corrected chi connectivity index (χ3v) is 7.21. The Kier molecular flexibility index (Phi) is 5.04. The molecule has 0 amide bonds. The zero-order valence-corrected chi connectivity index (χ0v) is 16.7. The van der Waals surface area contributed by atoms with E-state index >= 15 is 0 Å². The highest BCUT2D eigenvalue weighted by Gasteiger charge is 2.40. The Labute approximate surface area is 154 Å². The molecule has 0 spiro atoms. The number of para-hydroxylation sites is 1. The fraction of sp³-hybridized carbons (Fsp3) is 0.286. The molecule has 0 bridgehead atoms. The summed E-state index contributed by atoms with van der Waals surface area (Å²) in [7, 11) is 0. The molecule has 128 valence electrons. The van der Waals surface area contributed by atoms with Crippen LogP contribution in [0, 0.1) is 13.8 Å². The number of aryl methyl sites for hydroxylation is 2. The summed E-state index contributed by atoms with van der Waals surface area (Å²) in [4.78, 5) is 4.66. The fourth-order valence-corrected chi connectivity index (χ4v) is 3.77. The lowest BCUT2D eigenvalue weighted by Gasteiger charge is -2.30. The second-order valence-corrected chi connectivity index (χ2v) is 9.97. The summed E-state index contributed by atoms with van der Waals surface area (Å²) in [6.45, 7) is 8.28. The third-order valence-electron chi connectivity index (χ3n) is 4.51. The summed E-state index contributed by atoms with van der Waals surface area (Å²) in [5.41, 5.74) is 3.13. The second kappa shape index (κ2) is 7.08. The van der Waals surface area contributed by atoms with Crippen molar-refractivity contribution in [2.75, 3.05) is 0 Å². The number of pyridine rings is 1. The Balaban J connectivity index is 1.83. The van der Waals surface area contributed by atoms with Crippen LogP contribution in [0.3, 0.4) is 0 Å². The van der Waals surface area contributed by atoms with Gasteiger partial charge in [-0.25, -0.2) is 4.98 Å². The molecule has 0 fully saturated rings. The summed E-state index contributed by atoms with van der Waals surface area (Å²) in [6.07, 6.45) is 0. The summed E-state index contributed by atoms with van der Waals surface area (Å²) >= 11 is -1.67. The van der Waals surface area contributed by atoms with Gasteiger partial charge in [-0.3, -0.25) is 0 Å². The highest BCUT2D eigenvalue weighted by Crippen LogP contribution is 2.29. The average Bonchev–Trinajstić information content (AvgIpc) is 2.57. The minimum atomic E-state index is -1.67. The van der Waals surface area contributed by atoms with Crippen LogP contribution in [0.25, 0.3) is 10.9 Å². The van der Waals surface area contributed by atoms with Crippen LogP contribution in [0.2, 0.25) is 5.79 Å². The molecule has 2 aromatic carbocycles. The van der Waals surface area contributed by atoms with Crippen LogP contribution < -0.4 is 8.53 Å². The lowest BCUT2D eigenvalue weighted by atomic mass is 10.2. The van der Waals surface area contributed by atoms with Crippen LogP contribution in [0.15, 0.2) is 54.6 Å². The van der Waals surface area contributed by atoms with Gasteiger partial charge in [-0.15, -0.1) is 0 Å². The van der Waals surface area contributed by atoms with Crippen LogP contribution in [-0.4, -0.2) is 23.9 Å². The first-order valence-electron chi connectivity index (χ1n) is 8.64. The molecule has 3 aromatic rings. The van der Waals surface area contributed by atoms with Crippen LogP contribution in [0.4, 0.5) is 0 Å². The van der Waals surface area contributed by atoms with Crippen molar-refractivity contribution in [2.24, 2.45) is 0 Å². The minimum Gasteiger partial charge on any atom is -0.641 e. The quantitative estimate of drug-likeness (QED) is 0.590. The van der Waals surface area contributed by atoms with Crippen molar-refractivity contribution in [2.45, 2.75) is 37.9 Å². The van der Waals surface area contributed by atoms with Gasteiger partial charge in [0.25, 0.3) is 0 Å². The second-order valence-electron chi connectivity index (χ2n) is 7.06. The van der Waals surface area contributed by atoms with Crippen molar-refractivity contribution in [3.8, 4) is 11.5 Å². The SMILES string of the molecule is Cc1ccc([O][Al]([CH3])[C](C)(C)Oc2cccc3ccc(C)nc23)cc1. The van der Waals surface area contributed by atoms with Gasteiger partial charge in [-0.05, 0) is 52.0 Å². The first-order chi connectivity index (χ1) is 11.8. The highest BCUT2D eigenvalue weighted by molar-refractivity contribution is 6.54. The van der Waals surface area contributed by atoms with Crippen molar-refractivity contribution in [3.05, 3.63) is 65.9 Å². The predicted molar refractivity (Wildman–Crippen MR) is 105 cm³/mol. The van der Waals surface area contributed by atoms with Crippen molar-refractivity contribution >= 4 is 25.4 Å². The Morgan fingerprint density at radius 3 is 2.36 bits per heavy atom. The predicted octanol–water partition coefficient (Wildman–Crippen LogP) is 5.25. The molecule has 0 saturated heterocycles. The summed E-state index contributed by atoms with van der Waals surface area (Å²) in [5.74, 6) is 3.90. The maximum absolute atomic E-state index is 6.40. The lowest BCUT2D eigenvalue weighted by molar-refractivity contribution is 0.177. The number of benzene rings is 2. The first kappa shape index (κ1) is 17.8. The minimum absolute atomic E-state index is 0.370. The van der Waals surface area contributed by atoms with E-state index in [4.69, 9.17) is 8.53 Å². The lowest BCUT2D eigenvalue weighted by Crippen LogP contribution is -2.47. The summed E-state index contributed by atoms with van der Waals surface area (Å²) in [5, 5.41) is 1.09. The fourth-order valence-electron chi connectivity index (χ4n) is 2.63. The molecule has 4 heteroatoms. The van der Waals surface area contributed by atoms with Crippen molar-refractivity contribution in [3.63, 3.8) is 0 Å². The maximum atomic E-state index is 6.40. The number of rotatable bonds is 5. The van der Waals surface area contributed by atoms with E-state index in [1.54, 1.807) is 0 Å². The van der Waals surface area contributed by atoms with E-state index in [9.17, 15) is 0 Å². The van der Waals surface area contributed by atoms with Gasteiger partial charge in [0, 0.05) is 11.1 Å². The smallest absolute Gasteiger partial charge is 0.591 e. The van der Waals surface area contributed by atoms with Crippen molar-refractivity contribution in [1.29, 1.82) is 0 Å². The van der Waals surface area contributed by atoms with Crippen LogP contribution >= 0.6 is 0 Å². The number of aromatic nitrogens is 1. The van der Waals surface area contributed by atoms with E-state index < -0.39 is 14.5 Å². The number of fused-ring (bicyclic) bond motifs is 1. The van der Waals surface area contributed by atoms with Crippen molar-refractivity contribution < 1.29 is 8.53 Å². The highest BCUT2D eigenvalue weighted by atomic mass is 27.2. The van der Waals surface area contributed by atoms with Gasteiger partial charge >= 0.3 is 14.5 Å². The topological polar surface area (TPSA) is 31.4 Å². The van der Waals surface area contributed by atoms with Crippen LogP contribution in [-0.2, 0) is 0 Å². The zero-order valence-electron chi connectivity index (χ0n) is 15.5. The zero-order chi connectivity index (χ0) is 18.0. The summed E-state index contributed by atoms with van der Waals surface area (Å²) in [6, 6.07) is 18.4. The molecule has 3 rings (SSSR count). The van der Waals surface area contributed by atoms with E-state index in [0.29, 0.717) is 0 Å². The monoisotopic (exact) mass is 349 g/mol. The molecule has 25 heavy (non-hydrogen) atoms. The molecule has 1 aromatic heterocycles. The molecule has 0 aliphatic carbocycles. The third kappa shape index (κ3) is 4.15. The summed E-state index contributed by atoms with van der Waals surface area (Å²) < 4.78 is 12.3.